The minimum Gasteiger partial charge on any atom is -0.457 e. The maximum atomic E-state index is 14.3. The summed E-state index contributed by atoms with van der Waals surface area (Å²) in [6.45, 7) is 61.5. The summed E-state index contributed by atoms with van der Waals surface area (Å²) < 4.78 is 12.4. The van der Waals surface area contributed by atoms with E-state index in [1.54, 1.807) is 0 Å². The van der Waals surface area contributed by atoms with Gasteiger partial charge in [-0.25, -0.2) is 9.59 Å². The van der Waals surface area contributed by atoms with Crippen LogP contribution in [0.25, 0.3) is 12.2 Å². The minimum atomic E-state index is -2.07. The monoisotopic (exact) mass is 1310 g/mol. The van der Waals surface area contributed by atoms with E-state index in [1.165, 1.54) is 43.0 Å². The van der Waals surface area contributed by atoms with Gasteiger partial charge in [0.1, 0.15) is 13.2 Å². The molecule has 0 saturated carbocycles. The Kier molecular flexibility index (Phi) is 27.2. The van der Waals surface area contributed by atoms with Crippen LogP contribution >= 0.6 is 0 Å². The first-order chi connectivity index (χ1) is 43.3. The van der Waals surface area contributed by atoms with E-state index in [1.807, 2.05) is 0 Å². The molecule has 0 aliphatic carbocycles. The molecule has 0 saturated heterocycles. The van der Waals surface area contributed by atoms with E-state index in [2.05, 4.69) is 322 Å². The molecular weight excluding hydrogens is 1190 g/mol. The summed E-state index contributed by atoms with van der Waals surface area (Å²) in [5.41, 5.74) is 17.0. The number of ether oxygens (including phenoxy) is 2. The second-order valence-electron chi connectivity index (χ2n) is 31.0. The largest absolute Gasteiger partial charge is 0.457 e. The third-order valence-electron chi connectivity index (χ3n) is 22.3. The van der Waals surface area contributed by atoms with Crippen LogP contribution in [-0.2, 0) is 48.9 Å². The lowest BCUT2D eigenvalue weighted by molar-refractivity contribution is 0.0464. The highest BCUT2D eigenvalue weighted by molar-refractivity contribution is 6.99. The molecule has 0 heterocycles. The van der Waals surface area contributed by atoms with Crippen LogP contribution < -0.4 is 31.4 Å². The van der Waals surface area contributed by atoms with E-state index < -0.39 is 32.3 Å². The van der Waals surface area contributed by atoms with Crippen LogP contribution in [0, 0.1) is 0 Å². The molecule has 500 valence electrons. The van der Waals surface area contributed by atoms with Gasteiger partial charge in [-0.15, -0.1) is 0 Å². The summed E-state index contributed by atoms with van der Waals surface area (Å²) in [6.07, 6.45) is 4.34. The predicted octanol–water partition coefficient (Wildman–Crippen LogP) is 20.7. The summed E-state index contributed by atoms with van der Waals surface area (Å²) in [7, 11) is -8.29. The molecule has 0 bridgehead atoms. The molecule has 6 nitrogen and oxygen atoms in total. The third-order valence-corrected chi connectivity index (χ3v) is 50.4. The van der Waals surface area contributed by atoms with Crippen molar-refractivity contribution in [1.29, 1.82) is 0 Å². The van der Waals surface area contributed by atoms with E-state index in [0.29, 0.717) is 66.5 Å². The van der Waals surface area contributed by atoms with Crippen molar-refractivity contribution >= 4 is 77.1 Å². The molecule has 0 aliphatic rings. The molecule has 10 heteroatoms. The molecule has 2 N–H and O–H groups in total. The first kappa shape index (κ1) is 75.8. The summed E-state index contributed by atoms with van der Waals surface area (Å²) in [6, 6.07) is 48.5. The van der Waals surface area contributed by atoms with E-state index in [9.17, 15) is 9.59 Å². The van der Waals surface area contributed by atoms with Crippen LogP contribution in [0.5, 0.6) is 0 Å². The fourth-order valence-electron chi connectivity index (χ4n) is 18.8. The van der Waals surface area contributed by atoms with Gasteiger partial charge in [0, 0.05) is 26.2 Å². The number of nitrogens with one attached hydrogen (secondary N) is 2. The Morgan fingerprint density at radius 1 is 0.293 bits per heavy atom. The third kappa shape index (κ3) is 16.5. The van der Waals surface area contributed by atoms with Gasteiger partial charge in [-0.1, -0.05) is 308 Å². The molecule has 6 aromatic rings. The van der Waals surface area contributed by atoms with Crippen LogP contribution in [0.15, 0.2) is 133 Å². The van der Waals surface area contributed by atoms with Gasteiger partial charge in [0.2, 0.25) is 0 Å². The number of carbonyl (C=O) groups is 2. The van der Waals surface area contributed by atoms with Crippen molar-refractivity contribution in [3.8, 4) is 0 Å². The number of carbonyl (C=O) groups excluding carboxylic acids is 2. The van der Waals surface area contributed by atoms with Crippen molar-refractivity contribution in [2.45, 2.75) is 272 Å². The molecule has 0 fully saturated rings. The average molecular weight is 1310 g/mol. The topological polar surface area (TPSA) is 76.7 Å². The number of hydrogen-bond donors (Lipinski definition) is 2. The van der Waals surface area contributed by atoms with Crippen molar-refractivity contribution < 1.29 is 19.1 Å². The van der Waals surface area contributed by atoms with Gasteiger partial charge in [0.25, 0.3) is 0 Å². The molecule has 0 spiro atoms. The average Bonchev–Trinajstić information content (AvgIpc) is 0.747. The number of benzene rings is 6. The molecule has 0 aromatic heterocycles. The standard InChI is InChI=1S/C82H122N2O4Si4/c1-55(2)89(56(3)4,57(5)6)77-43-75(44-78(47-77)90(58(7)8,59(9)10)60(11)12)81(85)87-53-73-39-35-71(36-40-73)51-83-49-69-31-27-67(28-32-69)25-26-68-29-33-70(34-30-68)50-84-52-72-37-41-74(42-38-72)54-88-82(86)76-45-79(91(61(13)14,62(15)16)63(17)18)48-80(46-76)92(64(19)20,65(21)22)66(23)24/h25-48,55-66,83-84H,49-54H2,1-24H3/b26-25-. The van der Waals surface area contributed by atoms with Gasteiger partial charge >= 0.3 is 11.9 Å². The van der Waals surface area contributed by atoms with Crippen molar-refractivity contribution in [3.63, 3.8) is 0 Å². The zero-order chi connectivity index (χ0) is 68.2. The predicted molar refractivity (Wildman–Crippen MR) is 410 cm³/mol. The van der Waals surface area contributed by atoms with Gasteiger partial charge < -0.3 is 20.1 Å². The Labute approximate surface area is 564 Å². The number of hydrogen-bond acceptors (Lipinski definition) is 6. The van der Waals surface area contributed by atoms with E-state index >= 15 is 0 Å². The molecule has 6 aromatic carbocycles. The second-order valence-corrected chi connectivity index (χ2v) is 54.6. The Hall–Kier alpha value is -5.21. The molecule has 0 atom stereocenters. The SMILES string of the molecule is CC(C)[Si](c1cc(C(=O)OCc2ccc(CNCc3ccc(/C=C\c4ccc(CNCc5ccc(COC(=O)c6cc([Si](C(C)C)(C(C)C)C(C)C)cc([Si](C(C)C)(C(C)C)C(C)C)c6)cc5)cc4)cc3)cc2)cc([Si](C(C)C)(C(C)C)C(C)C)c1)(C(C)C)C(C)C. The lowest BCUT2D eigenvalue weighted by atomic mass is 10.1. The van der Waals surface area contributed by atoms with Gasteiger partial charge in [-0.3, -0.25) is 0 Å². The molecular formula is C82H122N2O4Si4. The van der Waals surface area contributed by atoms with Gasteiger partial charge in [0.05, 0.1) is 43.4 Å². The molecule has 0 radical (unpaired) electrons. The Morgan fingerprint density at radius 3 is 0.674 bits per heavy atom. The van der Waals surface area contributed by atoms with Crippen molar-refractivity contribution in [2.75, 3.05) is 0 Å². The lowest BCUT2D eigenvalue weighted by Gasteiger charge is -2.47. The fraction of sp³-hybridized carbons (Fsp3) is 0.512. The van der Waals surface area contributed by atoms with E-state index in [-0.39, 0.29) is 25.2 Å². The first-order valence-electron chi connectivity index (χ1n) is 35.4. The Morgan fingerprint density at radius 2 is 0.478 bits per heavy atom. The summed E-state index contributed by atoms with van der Waals surface area (Å²) in [4.78, 5) is 28.5. The van der Waals surface area contributed by atoms with Gasteiger partial charge in [0.15, 0.2) is 0 Å². The summed E-state index contributed by atoms with van der Waals surface area (Å²) >= 11 is 0. The van der Waals surface area contributed by atoms with Crippen molar-refractivity contribution in [1.82, 2.24) is 10.6 Å². The lowest BCUT2D eigenvalue weighted by Crippen LogP contribution is -2.60. The molecule has 0 aliphatic heterocycles. The Balaban J connectivity index is 0.982. The van der Waals surface area contributed by atoms with Crippen LogP contribution in [-0.4, -0.2) is 44.2 Å². The normalized spacial score (nSPS) is 13.0. The fourth-order valence-corrected chi connectivity index (χ4v) is 46.4. The minimum absolute atomic E-state index is 0.220. The van der Waals surface area contributed by atoms with Crippen LogP contribution in [0.3, 0.4) is 0 Å². The van der Waals surface area contributed by atoms with Crippen molar-refractivity contribution in [2.24, 2.45) is 0 Å². The van der Waals surface area contributed by atoms with Crippen LogP contribution in [0.2, 0.25) is 66.5 Å². The molecule has 92 heavy (non-hydrogen) atoms. The second kappa shape index (κ2) is 33.0. The highest BCUT2D eigenvalue weighted by Gasteiger charge is 2.50. The first-order valence-corrected chi connectivity index (χ1v) is 44.3. The highest BCUT2D eigenvalue weighted by Crippen LogP contribution is 2.46. The Bertz CT molecular complexity index is 2930. The summed E-state index contributed by atoms with van der Waals surface area (Å²) in [5, 5.41) is 13.0. The maximum Gasteiger partial charge on any atom is 0.338 e. The number of rotatable bonds is 32. The highest BCUT2D eigenvalue weighted by atomic mass is 28.3. The zero-order valence-corrected chi connectivity index (χ0v) is 65.7. The van der Waals surface area contributed by atoms with Crippen LogP contribution in [0.1, 0.15) is 231 Å². The quantitative estimate of drug-likeness (QED) is 0.0249. The van der Waals surface area contributed by atoms with E-state index in [4.69, 9.17) is 9.47 Å². The molecule has 0 amide bonds. The maximum absolute atomic E-state index is 14.3. The number of esters is 2. The van der Waals surface area contributed by atoms with Crippen LogP contribution in [0.4, 0.5) is 0 Å². The van der Waals surface area contributed by atoms with Gasteiger partial charge in [-0.05, 0) is 135 Å². The molecule has 6 rings (SSSR count). The molecule has 0 unspecified atom stereocenters. The summed E-state index contributed by atoms with van der Waals surface area (Å²) in [5.74, 6) is -0.440. The van der Waals surface area contributed by atoms with Gasteiger partial charge in [-0.2, -0.15) is 0 Å². The van der Waals surface area contributed by atoms with Crippen molar-refractivity contribution in [3.05, 3.63) is 189 Å². The smallest absolute Gasteiger partial charge is 0.338 e. The zero-order valence-electron chi connectivity index (χ0n) is 61.7. The van der Waals surface area contributed by atoms with E-state index in [0.717, 1.165) is 59.6 Å².